The number of hydrogen-bond acceptors (Lipinski definition) is 13. The first-order valence-corrected chi connectivity index (χ1v) is 26.1. The van der Waals surface area contributed by atoms with Crippen LogP contribution < -0.4 is 28.0 Å². The van der Waals surface area contributed by atoms with Crippen LogP contribution in [0.5, 0.6) is 0 Å². The number of benzene rings is 4. The van der Waals surface area contributed by atoms with E-state index in [1.165, 1.54) is 0 Å². The van der Waals surface area contributed by atoms with Crippen molar-refractivity contribution in [2.45, 2.75) is 126 Å². The normalized spacial score (nSPS) is 26.1. The van der Waals surface area contributed by atoms with E-state index in [1.807, 2.05) is 62.4 Å². The summed E-state index contributed by atoms with van der Waals surface area (Å²) in [5.74, 6) is -1.88. The molecule has 2 saturated heterocycles. The van der Waals surface area contributed by atoms with Gasteiger partial charge in [-0.25, -0.2) is 28.4 Å². The lowest BCUT2D eigenvalue weighted by Gasteiger charge is -2.35. The highest BCUT2D eigenvalue weighted by Crippen LogP contribution is 2.51. The Hall–Kier alpha value is -6.03. The molecule has 12 atom stereocenters. The summed E-state index contributed by atoms with van der Waals surface area (Å²) in [5, 5.41) is 23.3. The summed E-state index contributed by atoms with van der Waals surface area (Å²) >= 11 is 0. The monoisotopic (exact) mass is 1060 g/mol. The van der Waals surface area contributed by atoms with Gasteiger partial charge >= 0.3 is 19.1 Å². The molecule has 8 rings (SSSR count). The highest BCUT2D eigenvalue weighted by atomic mass is 31.2. The molecule has 0 amide bonds. The summed E-state index contributed by atoms with van der Waals surface area (Å²) in [7, 11) is -4.88. The van der Waals surface area contributed by atoms with E-state index in [2.05, 4.69) is 9.97 Å². The van der Waals surface area contributed by atoms with Crippen LogP contribution in [0, 0.1) is 13.8 Å². The lowest BCUT2D eigenvalue weighted by Crippen LogP contribution is -2.43. The van der Waals surface area contributed by atoms with E-state index < -0.39 is 102 Å². The fourth-order valence-corrected chi connectivity index (χ4v) is 11.0. The van der Waals surface area contributed by atoms with Crippen molar-refractivity contribution in [3.8, 4) is 0 Å². The Morgan fingerprint density at radius 3 is 1.32 bits per heavy atom. The quantitative estimate of drug-likeness (QED) is 0.0469. The number of alkyl halides is 2. The molecule has 0 bridgehead atoms. The highest BCUT2D eigenvalue weighted by molar-refractivity contribution is 7.51. The van der Waals surface area contributed by atoms with E-state index in [0.717, 1.165) is 69.8 Å². The highest BCUT2D eigenvalue weighted by Gasteiger charge is 2.57. The van der Waals surface area contributed by atoms with Crippen LogP contribution in [-0.2, 0) is 45.8 Å². The zero-order valence-corrected chi connectivity index (χ0v) is 42.7. The molecular formula is C54H62F2N5O13P. The molecule has 0 radical (unpaired) electrons. The van der Waals surface area contributed by atoms with E-state index in [-0.39, 0.29) is 39.3 Å². The number of aryl methyl sites for hydroxylation is 2. The van der Waals surface area contributed by atoms with Gasteiger partial charge in [-0.3, -0.25) is 37.7 Å². The Labute approximate surface area is 430 Å². The van der Waals surface area contributed by atoms with Gasteiger partial charge in [-0.1, -0.05) is 120 Å². The SMILES string of the molecule is Cc1ccc(COCC(OP(N)(=O)OC(COCc2ccc(C)cc2)C(C[C@H]2O[C@@H](n3ccc(=O)[nH]c3=O)[C@](C)(F)[C@@H]2O)c2ccccc2)C(C[C@H]2O[C@@H](n3ccc(=O)[nH]c3=O)[C@](C)(F)[C@@H]2O)c2ccccc2)cc1. The second-order valence-corrected chi connectivity index (χ2v) is 21.1. The Bertz CT molecular complexity index is 2930. The van der Waals surface area contributed by atoms with E-state index in [1.54, 1.807) is 60.7 Å². The second-order valence-electron chi connectivity index (χ2n) is 19.6. The minimum Gasteiger partial charge on any atom is -0.387 e. The molecule has 6 aromatic rings. The standard InChI is InChI=1S/C54H62F2N5O13P/c1-33-15-19-35(20-16-33)29-69-31-43(39(37-11-7-5-8-12-37)27-41-47(64)53(3,55)49(71-41)60-25-23-45(62)58-51(60)66)73-75(57,68)74-44(32-70-30-36-21-17-34(2)18-22-36)40(38-13-9-6-10-14-38)28-42-48(65)54(4,56)50(72-42)61-26-24-46(63)59-52(61)67/h5-26,39-44,47-50,64-65H,27-32H2,1-4H3,(H2,57,68)(H,58,62,66)(H,59,63,67)/t39?,40?,41-,42-,43?,44?,47-,48-,49-,50-,53-,54-,75?/m1/s1. The third-order valence-electron chi connectivity index (χ3n) is 13.9. The van der Waals surface area contributed by atoms with E-state index >= 15 is 13.3 Å². The summed E-state index contributed by atoms with van der Waals surface area (Å²) < 4.78 is 88.2. The summed E-state index contributed by atoms with van der Waals surface area (Å²) in [6.07, 6.45) is -10.6. The van der Waals surface area contributed by atoms with Crippen LogP contribution in [0.2, 0.25) is 0 Å². The Morgan fingerprint density at radius 1 is 0.613 bits per heavy atom. The van der Waals surface area contributed by atoms with Crippen molar-refractivity contribution in [1.29, 1.82) is 0 Å². The number of hydrogen-bond donors (Lipinski definition) is 5. The van der Waals surface area contributed by atoms with E-state index in [4.69, 9.17) is 33.5 Å². The topological polar surface area (TPSA) is 249 Å². The Kier molecular flexibility index (Phi) is 17.3. The maximum atomic E-state index is 16.7. The van der Waals surface area contributed by atoms with Crippen molar-refractivity contribution in [3.63, 3.8) is 0 Å². The molecule has 2 aromatic heterocycles. The van der Waals surface area contributed by atoms with Crippen LogP contribution in [0.3, 0.4) is 0 Å². The van der Waals surface area contributed by atoms with Gasteiger partial charge in [0.2, 0.25) is 0 Å². The van der Waals surface area contributed by atoms with Gasteiger partial charge in [0, 0.05) is 36.4 Å². The summed E-state index contributed by atoms with van der Waals surface area (Å²) in [5.41, 5.74) is 3.00. The largest absolute Gasteiger partial charge is 0.403 e. The molecule has 6 N–H and O–H groups in total. The molecule has 2 aliphatic rings. The number of aliphatic hydroxyl groups excluding tert-OH is 2. The van der Waals surface area contributed by atoms with Crippen molar-refractivity contribution in [1.82, 2.24) is 19.1 Å². The molecule has 0 spiro atoms. The number of nitrogens with one attached hydrogen (secondary N) is 2. The lowest BCUT2D eigenvalue weighted by atomic mass is 9.85. The summed E-state index contributed by atoms with van der Waals surface area (Å²) in [6.45, 7) is 5.58. The smallest absolute Gasteiger partial charge is 0.387 e. The van der Waals surface area contributed by atoms with Crippen LogP contribution in [0.15, 0.2) is 153 Å². The zero-order chi connectivity index (χ0) is 53.7. The maximum Gasteiger partial charge on any atom is 0.403 e. The predicted molar refractivity (Wildman–Crippen MR) is 272 cm³/mol. The third-order valence-corrected chi connectivity index (χ3v) is 15.0. The van der Waals surface area contributed by atoms with E-state index in [0.29, 0.717) is 11.1 Å². The minimum atomic E-state index is -4.88. The lowest BCUT2D eigenvalue weighted by molar-refractivity contribution is -0.0614. The number of halogens is 2. The number of aliphatic hydroxyl groups is 2. The molecule has 4 heterocycles. The average Bonchev–Trinajstić information content (AvgIpc) is 3.73. The van der Waals surface area contributed by atoms with Gasteiger partial charge < -0.3 is 29.2 Å². The van der Waals surface area contributed by atoms with Crippen LogP contribution in [-0.4, -0.2) is 90.5 Å². The van der Waals surface area contributed by atoms with Crippen molar-refractivity contribution in [3.05, 3.63) is 209 Å². The fraction of sp³-hybridized carbons (Fsp3) is 0.407. The van der Waals surface area contributed by atoms with Crippen molar-refractivity contribution < 1.29 is 51.6 Å². The van der Waals surface area contributed by atoms with E-state index in [9.17, 15) is 29.4 Å². The Morgan fingerprint density at radius 2 is 0.973 bits per heavy atom. The van der Waals surface area contributed by atoms with Gasteiger partial charge in [-0.2, -0.15) is 0 Å². The molecule has 4 aromatic carbocycles. The van der Waals surface area contributed by atoms with Crippen LogP contribution in [0.4, 0.5) is 8.78 Å². The summed E-state index contributed by atoms with van der Waals surface area (Å²) in [6, 6.07) is 34.7. The number of ether oxygens (including phenoxy) is 4. The summed E-state index contributed by atoms with van der Waals surface area (Å²) in [4.78, 5) is 53.9. The molecule has 0 saturated carbocycles. The predicted octanol–water partition coefficient (Wildman–Crippen LogP) is 6.30. The average molecular weight is 1060 g/mol. The molecule has 400 valence electrons. The molecular weight excluding hydrogens is 996 g/mol. The molecule has 2 aliphatic heterocycles. The molecule has 0 aliphatic carbocycles. The third kappa shape index (κ3) is 13.2. The minimum absolute atomic E-state index is 0.0641. The molecule has 2 fully saturated rings. The van der Waals surface area contributed by atoms with Crippen LogP contribution >= 0.6 is 7.75 Å². The van der Waals surface area contributed by atoms with Crippen molar-refractivity contribution in [2.75, 3.05) is 13.2 Å². The van der Waals surface area contributed by atoms with Crippen LogP contribution in [0.1, 0.15) is 84.4 Å². The number of aromatic nitrogens is 4. The number of aromatic amines is 2. The zero-order valence-electron chi connectivity index (χ0n) is 41.8. The van der Waals surface area contributed by atoms with Crippen molar-refractivity contribution in [2.24, 2.45) is 5.50 Å². The van der Waals surface area contributed by atoms with Gasteiger partial charge in [0.1, 0.15) is 12.2 Å². The first-order chi connectivity index (χ1) is 35.7. The molecule has 21 heteroatoms. The first kappa shape index (κ1) is 55.2. The first-order valence-electron chi connectivity index (χ1n) is 24.5. The molecule has 4 unspecified atom stereocenters. The fourth-order valence-electron chi connectivity index (χ4n) is 9.74. The number of H-pyrrole nitrogens is 2. The second kappa shape index (κ2) is 23.5. The Balaban J connectivity index is 1.14. The van der Waals surface area contributed by atoms with Gasteiger partial charge in [0.25, 0.3) is 11.1 Å². The number of nitrogens with two attached hydrogens (primary N) is 1. The van der Waals surface area contributed by atoms with Gasteiger partial charge in [-0.15, -0.1) is 0 Å². The van der Waals surface area contributed by atoms with Crippen molar-refractivity contribution >= 4 is 7.75 Å². The van der Waals surface area contributed by atoms with Gasteiger partial charge in [0.15, 0.2) is 23.8 Å². The van der Waals surface area contributed by atoms with Gasteiger partial charge in [-0.05, 0) is 62.8 Å². The maximum absolute atomic E-state index is 16.7. The number of rotatable bonds is 22. The molecule has 75 heavy (non-hydrogen) atoms. The number of nitrogens with zero attached hydrogens (tertiary/aromatic N) is 2. The molecule has 18 nitrogen and oxygen atoms in total. The van der Waals surface area contributed by atoms with Crippen LogP contribution in [0.25, 0.3) is 0 Å². The van der Waals surface area contributed by atoms with Gasteiger partial charge in [0.05, 0.1) is 50.8 Å².